The lowest BCUT2D eigenvalue weighted by Gasteiger charge is -2.07. The van der Waals surface area contributed by atoms with Gasteiger partial charge < -0.3 is 15.8 Å². The molecular weight excluding hydrogens is 283 g/mol. The van der Waals surface area contributed by atoms with Crippen molar-refractivity contribution in [2.24, 2.45) is 5.73 Å². The molecule has 104 valence electrons. The molecule has 1 heterocycles. The fourth-order valence-corrected chi connectivity index (χ4v) is 2.25. The molecule has 0 aliphatic rings. The minimum atomic E-state index is -0.610. The molecule has 0 aliphatic carbocycles. The van der Waals surface area contributed by atoms with Gasteiger partial charge in [0.05, 0.1) is 5.56 Å². The van der Waals surface area contributed by atoms with Crippen molar-refractivity contribution in [3.8, 4) is 5.75 Å². The lowest BCUT2D eigenvalue weighted by Crippen LogP contribution is -2.21. The number of nitrogens with two attached hydrogens (primary N) is 1. The van der Waals surface area contributed by atoms with E-state index in [0.29, 0.717) is 10.8 Å². The second kappa shape index (κ2) is 6.16. The second-order valence-corrected chi connectivity index (χ2v) is 4.73. The van der Waals surface area contributed by atoms with Crippen molar-refractivity contribution < 1.29 is 18.7 Å². The van der Waals surface area contributed by atoms with Crippen LogP contribution in [0.4, 0.5) is 9.39 Å². The normalized spacial score (nSPS) is 10.1. The molecule has 0 atom stereocenters. The molecule has 7 heteroatoms. The third-order valence-electron chi connectivity index (χ3n) is 2.37. The fraction of sp³-hybridized carbons (Fsp3) is 0.0769. The number of benzene rings is 1. The summed E-state index contributed by atoms with van der Waals surface area (Å²) in [6, 6.07) is 6.84. The van der Waals surface area contributed by atoms with Crippen molar-refractivity contribution in [1.82, 2.24) is 0 Å². The molecule has 0 aliphatic heterocycles. The number of carbonyl (C=O) groups is 2. The van der Waals surface area contributed by atoms with Crippen molar-refractivity contribution in [2.75, 3.05) is 11.9 Å². The Balaban J connectivity index is 1.91. The van der Waals surface area contributed by atoms with E-state index in [9.17, 15) is 14.0 Å². The quantitative estimate of drug-likeness (QED) is 0.885. The molecule has 0 spiro atoms. The molecule has 2 amide bonds. The van der Waals surface area contributed by atoms with Crippen LogP contribution in [0, 0.1) is 5.82 Å². The summed E-state index contributed by atoms with van der Waals surface area (Å²) >= 11 is 1.19. The summed E-state index contributed by atoms with van der Waals surface area (Å²) in [6.45, 7) is -0.248. The van der Waals surface area contributed by atoms with Crippen LogP contribution in [0.3, 0.4) is 0 Å². The highest BCUT2D eigenvalue weighted by Crippen LogP contribution is 2.22. The Morgan fingerprint density at radius 3 is 2.60 bits per heavy atom. The van der Waals surface area contributed by atoms with Crippen LogP contribution in [0.2, 0.25) is 0 Å². The molecule has 0 unspecified atom stereocenters. The Kier molecular flexibility index (Phi) is 4.31. The molecule has 1 aromatic carbocycles. The summed E-state index contributed by atoms with van der Waals surface area (Å²) in [5.41, 5.74) is 5.42. The van der Waals surface area contributed by atoms with E-state index in [1.807, 2.05) is 0 Å². The Morgan fingerprint density at radius 2 is 1.95 bits per heavy atom. The first-order chi connectivity index (χ1) is 9.56. The van der Waals surface area contributed by atoms with Gasteiger partial charge in [-0.15, -0.1) is 11.3 Å². The predicted molar refractivity (Wildman–Crippen MR) is 73.4 cm³/mol. The van der Waals surface area contributed by atoms with Crippen LogP contribution in [0.15, 0.2) is 35.7 Å². The zero-order valence-corrected chi connectivity index (χ0v) is 11.1. The van der Waals surface area contributed by atoms with Crippen LogP contribution in [0.1, 0.15) is 10.4 Å². The largest absolute Gasteiger partial charge is 0.484 e. The first kappa shape index (κ1) is 14.0. The van der Waals surface area contributed by atoms with E-state index in [2.05, 4.69) is 5.32 Å². The number of hydrogen-bond acceptors (Lipinski definition) is 4. The number of ether oxygens (including phenoxy) is 1. The van der Waals surface area contributed by atoms with E-state index in [1.165, 1.54) is 41.7 Å². The average Bonchev–Trinajstić information content (AvgIpc) is 2.86. The number of primary amides is 1. The van der Waals surface area contributed by atoms with Gasteiger partial charge in [-0.1, -0.05) is 0 Å². The van der Waals surface area contributed by atoms with Gasteiger partial charge in [0, 0.05) is 0 Å². The highest BCUT2D eigenvalue weighted by Gasteiger charge is 2.12. The summed E-state index contributed by atoms with van der Waals surface area (Å²) in [5, 5.41) is 4.56. The molecule has 5 nitrogen and oxygen atoms in total. The van der Waals surface area contributed by atoms with E-state index >= 15 is 0 Å². The molecule has 2 rings (SSSR count). The third kappa shape index (κ3) is 3.55. The molecule has 0 bridgehead atoms. The van der Waals surface area contributed by atoms with Gasteiger partial charge in [-0.3, -0.25) is 9.59 Å². The van der Waals surface area contributed by atoms with Crippen LogP contribution in [0.5, 0.6) is 5.75 Å². The maximum Gasteiger partial charge on any atom is 0.262 e. The van der Waals surface area contributed by atoms with Gasteiger partial charge in [-0.05, 0) is 35.7 Å². The summed E-state index contributed by atoms with van der Waals surface area (Å²) < 4.78 is 17.9. The van der Waals surface area contributed by atoms with Crippen LogP contribution in [-0.4, -0.2) is 18.4 Å². The molecule has 2 aromatic rings. The number of halogens is 1. The number of anilines is 1. The van der Waals surface area contributed by atoms with E-state index in [4.69, 9.17) is 10.5 Å². The highest BCUT2D eigenvalue weighted by atomic mass is 32.1. The summed E-state index contributed by atoms with van der Waals surface area (Å²) in [5.74, 6) is -1.05. The van der Waals surface area contributed by atoms with E-state index in [1.54, 1.807) is 5.38 Å². The molecule has 1 aromatic heterocycles. The highest BCUT2D eigenvalue weighted by molar-refractivity contribution is 7.14. The van der Waals surface area contributed by atoms with E-state index < -0.39 is 11.8 Å². The number of hydrogen-bond donors (Lipinski definition) is 2. The Morgan fingerprint density at radius 1 is 1.25 bits per heavy atom. The molecule has 0 saturated heterocycles. The monoisotopic (exact) mass is 294 g/mol. The molecule has 20 heavy (non-hydrogen) atoms. The van der Waals surface area contributed by atoms with Crippen molar-refractivity contribution in [3.63, 3.8) is 0 Å². The molecule has 3 N–H and O–H groups in total. The Bertz CT molecular complexity index is 625. The first-order valence-corrected chi connectivity index (χ1v) is 6.50. The zero-order chi connectivity index (χ0) is 14.5. The summed E-state index contributed by atoms with van der Waals surface area (Å²) in [6.07, 6.45) is 0. The number of nitrogens with one attached hydrogen (secondary N) is 1. The number of rotatable bonds is 5. The second-order valence-electron chi connectivity index (χ2n) is 3.82. The lowest BCUT2D eigenvalue weighted by atomic mass is 10.3. The molecule has 0 radical (unpaired) electrons. The molecular formula is C13H11FN2O3S. The molecule has 0 fully saturated rings. The smallest absolute Gasteiger partial charge is 0.262 e. The number of carbonyl (C=O) groups excluding carboxylic acids is 2. The van der Waals surface area contributed by atoms with E-state index in [0.717, 1.165) is 0 Å². The van der Waals surface area contributed by atoms with Gasteiger partial charge in [0.1, 0.15) is 16.6 Å². The van der Waals surface area contributed by atoms with Crippen molar-refractivity contribution >= 4 is 28.2 Å². The van der Waals surface area contributed by atoms with Gasteiger partial charge in [0.15, 0.2) is 6.61 Å². The van der Waals surface area contributed by atoms with Crippen LogP contribution in [0.25, 0.3) is 0 Å². The van der Waals surface area contributed by atoms with Gasteiger partial charge in [-0.25, -0.2) is 4.39 Å². The third-order valence-corrected chi connectivity index (χ3v) is 3.20. The van der Waals surface area contributed by atoms with Crippen molar-refractivity contribution in [2.45, 2.75) is 0 Å². The Labute approximate surface area is 118 Å². The zero-order valence-electron chi connectivity index (χ0n) is 10.3. The van der Waals surface area contributed by atoms with Crippen LogP contribution < -0.4 is 15.8 Å². The van der Waals surface area contributed by atoms with Crippen molar-refractivity contribution in [3.05, 3.63) is 47.1 Å². The van der Waals surface area contributed by atoms with Gasteiger partial charge in [-0.2, -0.15) is 0 Å². The summed E-state index contributed by atoms with van der Waals surface area (Å²) in [4.78, 5) is 22.8. The standard InChI is InChI=1S/C13H11FN2O3S/c14-8-1-3-9(4-2-8)19-7-11(17)16-13-10(12(15)18)5-6-20-13/h1-6H,7H2,(H2,15,18)(H,16,17). The fourth-order valence-electron chi connectivity index (χ4n) is 1.44. The maximum absolute atomic E-state index is 12.7. The molecule has 0 saturated carbocycles. The number of amides is 2. The topological polar surface area (TPSA) is 81.4 Å². The lowest BCUT2D eigenvalue weighted by molar-refractivity contribution is -0.118. The van der Waals surface area contributed by atoms with Gasteiger partial charge >= 0.3 is 0 Å². The minimum Gasteiger partial charge on any atom is -0.484 e. The minimum absolute atomic E-state index is 0.248. The average molecular weight is 294 g/mol. The SMILES string of the molecule is NC(=O)c1ccsc1NC(=O)COc1ccc(F)cc1. The maximum atomic E-state index is 12.7. The number of thiophene rings is 1. The van der Waals surface area contributed by atoms with Gasteiger partial charge in [0.2, 0.25) is 0 Å². The van der Waals surface area contributed by atoms with Crippen LogP contribution in [-0.2, 0) is 4.79 Å². The van der Waals surface area contributed by atoms with Gasteiger partial charge in [0.25, 0.3) is 11.8 Å². The predicted octanol–water partition coefficient (Wildman–Crippen LogP) is 2.00. The van der Waals surface area contributed by atoms with E-state index in [-0.39, 0.29) is 18.0 Å². The summed E-state index contributed by atoms with van der Waals surface area (Å²) in [7, 11) is 0. The first-order valence-electron chi connectivity index (χ1n) is 5.62. The van der Waals surface area contributed by atoms with Crippen LogP contribution >= 0.6 is 11.3 Å². The van der Waals surface area contributed by atoms with Crippen molar-refractivity contribution in [1.29, 1.82) is 0 Å². The Hall–Kier alpha value is -2.41.